The standard InChI is InChI=1S/C8H18O5SSi/c1-10-8(9)7-14-5-6-15(11-2,12-3)13-4/h5-7H2,1-4H3. The Morgan fingerprint density at radius 2 is 1.67 bits per heavy atom. The van der Waals surface area contributed by atoms with E-state index < -0.39 is 8.80 Å². The SMILES string of the molecule is COC(=O)CSCC[Si](OC)(OC)OC. The molecule has 0 rings (SSSR count). The summed E-state index contributed by atoms with van der Waals surface area (Å²) in [4.78, 5) is 10.8. The highest BCUT2D eigenvalue weighted by Crippen LogP contribution is 2.16. The molecule has 0 amide bonds. The van der Waals surface area contributed by atoms with Gasteiger partial charge in [0.05, 0.1) is 12.9 Å². The Hall–Kier alpha value is -0.0831. The van der Waals surface area contributed by atoms with E-state index in [0.29, 0.717) is 11.8 Å². The molecule has 0 aromatic carbocycles. The van der Waals surface area contributed by atoms with Crippen molar-refractivity contribution in [2.24, 2.45) is 0 Å². The molecule has 0 N–H and O–H groups in total. The van der Waals surface area contributed by atoms with Gasteiger partial charge in [-0.05, 0) is 5.75 Å². The average Bonchev–Trinajstić information content (AvgIpc) is 2.30. The van der Waals surface area contributed by atoms with Crippen LogP contribution in [-0.4, -0.2) is 54.7 Å². The van der Waals surface area contributed by atoms with E-state index in [9.17, 15) is 4.79 Å². The van der Waals surface area contributed by atoms with E-state index >= 15 is 0 Å². The Bertz CT molecular complexity index is 178. The summed E-state index contributed by atoms with van der Waals surface area (Å²) in [7, 11) is 3.62. The Labute approximate surface area is 95.8 Å². The third-order valence-electron chi connectivity index (χ3n) is 1.93. The molecule has 0 aromatic heterocycles. The molecule has 0 saturated carbocycles. The van der Waals surface area contributed by atoms with Crippen LogP contribution in [0.1, 0.15) is 0 Å². The van der Waals surface area contributed by atoms with Crippen molar-refractivity contribution in [2.45, 2.75) is 6.04 Å². The van der Waals surface area contributed by atoms with Gasteiger partial charge in [-0.15, -0.1) is 0 Å². The van der Waals surface area contributed by atoms with Gasteiger partial charge in [-0.25, -0.2) is 0 Å². The van der Waals surface area contributed by atoms with Crippen LogP contribution in [-0.2, 0) is 22.8 Å². The predicted octanol–water partition coefficient (Wildman–Crippen LogP) is 0.771. The summed E-state index contributed by atoms with van der Waals surface area (Å²) in [5.74, 6) is 0.870. The first-order valence-electron chi connectivity index (χ1n) is 4.44. The number of carbonyl (C=O) groups excluding carboxylic acids is 1. The molecule has 0 aliphatic heterocycles. The molecular weight excluding hydrogens is 236 g/mol. The maximum atomic E-state index is 10.8. The lowest BCUT2D eigenvalue weighted by Gasteiger charge is -2.23. The summed E-state index contributed by atoms with van der Waals surface area (Å²) in [6.07, 6.45) is 0. The van der Waals surface area contributed by atoms with Crippen LogP contribution in [0, 0.1) is 0 Å². The van der Waals surface area contributed by atoms with Gasteiger partial charge in [-0.1, -0.05) is 0 Å². The fourth-order valence-electron chi connectivity index (χ4n) is 0.968. The summed E-state index contributed by atoms with van der Waals surface area (Å²) in [6.45, 7) is 0. The average molecular weight is 254 g/mol. The first kappa shape index (κ1) is 14.9. The van der Waals surface area contributed by atoms with Crippen molar-refractivity contribution in [1.82, 2.24) is 0 Å². The lowest BCUT2D eigenvalue weighted by Crippen LogP contribution is -2.43. The molecule has 0 fully saturated rings. The number of methoxy groups -OCH3 is 1. The molecular formula is C8H18O5SSi. The number of hydrogen-bond acceptors (Lipinski definition) is 6. The number of rotatable bonds is 8. The van der Waals surface area contributed by atoms with Crippen LogP contribution in [0.15, 0.2) is 0 Å². The molecule has 7 heteroatoms. The van der Waals surface area contributed by atoms with Gasteiger partial charge in [0.1, 0.15) is 0 Å². The molecule has 0 atom stereocenters. The zero-order valence-electron chi connectivity index (χ0n) is 9.57. The van der Waals surface area contributed by atoms with Gasteiger partial charge in [0.25, 0.3) is 0 Å². The van der Waals surface area contributed by atoms with Crippen molar-refractivity contribution >= 4 is 26.5 Å². The quantitative estimate of drug-likeness (QED) is 0.362. The highest BCUT2D eigenvalue weighted by Gasteiger charge is 2.36. The van der Waals surface area contributed by atoms with Gasteiger partial charge in [-0.2, -0.15) is 11.8 Å². The summed E-state index contributed by atoms with van der Waals surface area (Å²) in [6, 6.07) is 0.679. The Morgan fingerprint density at radius 3 is 2.07 bits per heavy atom. The van der Waals surface area contributed by atoms with Crippen LogP contribution in [0.4, 0.5) is 0 Å². The molecule has 0 aromatic rings. The van der Waals surface area contributed by atoms with Crippen molar-refractivity contribution in [3.63, 3.8) is 0 Å². The van der Waals surface area contributed by atoms with Crippen molar-refractivity contribution in [1.29, 1.82) is 0 Å². The van der Waals surface area contributed by atoms with Gasteiger partial charge < -0.3 is 18.0 Å². The maximum absolute atomic E-state index is 10.8. The minimum absolute atomic E-state index is 0.223. The van der Waals surface area contributed by atoms with E-state index in [1.807, 2.05) is 0 Å². The number of hydrogen-bond donors (Lipinski definition) is 0. The van der Waals surface area contributed by atoms with Crippen LogP contribution in [0.25, 0.3) is 0 Å². The van der Waals surface area contributed by atoms with Crippen LogP contribution in [0.5, 0.6) is 0 Å². The molecule has 0 unspecified atom stereocenters. The molecule has 15 heavy (non-hydrogen) atoms. The minimum atomic E-state index is -2.47. The van der Waals surface area contributed by atoms with E-state index in [1.54, 1.807) is 21.3 Å². The Morgan fingerprint density at radius 1 is 1.13 bits per heavy atom. The topological polar surface area (TPSA) is 54.0 Å². The van der Waals surface area contributed by atoms with Crippen molar-refractivity contribution in [3.05, 3.63) is 0 Å². The second-order valence-electron chi connectivity index (χ2n) is 2.67. The van der Waals surface area contributed by atoms with Gasteiger partial charge in [-0.3, -0.25) is 4.79 Å². The molecule has 0 aliphatic carbocycles. The van der Waals surface area contributed by atoms with E-state index in [4.69, 9.17) is 13.3 Å². The lowest BCUT2D eigenvalue weighted by molar-refractivity contribution is -0.137. The fourth-order valence-corrected chi connectivity index (χ4v) is 4.09. The summed E-state index contributed by atoms with van der Waals surface area (Å²) in [5, 5.41) is 0. The van der Waals surface area contributed by atoms with Gasteiger partial charge in [0.15, 0.2) is 0 Å². The van der Waals surface area contributed by atoms with Crippen LogP contribution in [0.2, 0.25) is 6.04 Å². The third kappa shape index (κ3) is 5.52. The highest BCUT2D eigenvalue weighted by molar-refractivity contribution is 8.00. The monoisotopic (exact) mass is 254 g/mol. The van der Waals surface area contributed by atoms with Crippen molar-refractivity contribution in [3.8, 4) is 0 Å². The van der Waals surface area contributed by atoms with Crippen LogP contribution in [0.3, 0.4) is 0 Å². The highest BCUT2D eigenvalue weighted by atomic mass is 32.2. The predicted molar refractivity (Wildman–Crippen MR) is 60.9 cm³/mol. The maximum Gasteiger partial charge on any atom is 0.500 e. The molecule has 0 spiro atoms. The zero-order valence-corrected chi connectivity index (χ0v) is 11.4. The van der Waals surface area contributed by atoms with E-state index in [0.717, 1.165) is 5.75 Å². The lowest BCUT2D eigenvalue weighted by atomic mass is 10.8. The van der Waals surface area contributed by atoms with Crippen LogP contribution < -0.4 is 0 Å². The Balaban J connectivity index is 3.76. The molecule has 0 bridgehead atoms. The number of thioether (sulfide) groups is 1. The second kappa shape index (κ2) is 8.11. The molecule has 0 heterocycles. The first-order valence-corrected chi connectivity index (χ1v) is 7.52. The van der Waals surface area contributed by atoms with Gasteiger partial charge in [0, 0.05) is 27.4 Å². The smallest absolute Gasteiger partial charge is 0.468 e. The van der Waals surface area contributed by atoms with E-state index in [1.165, 1.54) is 18.9 Å². The Kier molecular flexibility index (Phi) is 8.07. The first-order chi connectivity index (χ1) is 7.14. The fraction of sp³-hybridized carbons (Fsp3) is 0.875. The number of carbonyl (C=O) groups is 1. The summed E-state index contributed by atoms with van der Waals surface area (Å²) < 4.78 is 20.2. The minimum Gasteiger partial charge on any atom is -0.468 e. The van der Waals surface area contributed by atoms with Crippen molar-refractivity contribution in [2.75, 3.05) is 39.9 Å². The normalized spacial score (nSPS) is 11.5. The largest absolute Gasteiger partial charge is 0.500 e. The summed E-state index contributed by atoms with van der Waals surface area (Å²) in [5.41, 5.74) is 0. The third-order valence-corrected chi connectivity index (χ3v) is 5.96. The molecule has 0 aliphatic rings. The van der Waals surface area contributed by atoms with Crippen LogP contribution >= 0.6 is 11.8 Å². The number of ether oxygens (including phenoxy) is 1. The molecule has 5 nitrogen and oxygen atoms in total. The van der Waals surface area contributed by atoms with E-state index in [-0.39, 0.29) is 5.97 Å². The second-order valence-corrected chi connectivity index (χ2v) is 6.87. The van der Waals surface area contributed by atoms with E-state index in [2.05, 4.69) is 4.74 Å². The molecule has 0 saturated heterocycles. The van der Waals surface area contributed by atoms with Gasteiger partial charge in [0.2, 0.25) is 0 Å². The zero-order chi connectivity index (χ0) is 11.7. The number of esters is 1. The van der Waals surface area contributed by atoms with Crippen molar-refractivity contribution < 1.29 is 22.8 Å². The molecule has 0 radical (unpaired) electrons. The molecule has 90 valence electrons. The van der Waals surface area contributed by atoms with Gasteiger partial charge >= 0.3 is 14.8 Å². The summed E-state index contributed by atoms with van der Waals surface area (Å²) >= 11 is 1.48.